The third-order valence-electron chi connectivity index (χ3n) is 3.06. The van der Waals surface area contributed by atoms with Crippen LogP contribution in [0.25, 0.3) is 0 Å². The van der Waals surface area contributed by atoms with Crippen LogP contribution in [0.3, 0.4) is 0 Å². The first-order valence-corrected chi connectivity index (χ1v) is 6.64. The lowest BCUT2D eigenvalue weighted by molar-refractivity contribution is -0.127. The number of rotatable bonds is 4. The molecule has 0 spiro atoms. The zero-order valence-electron chi connectivity index (χ0n) is 10.7. The van der Waals surface area contributed by atoms with Crippen LogP contribution in [-0.4, -0.2) is 40.8 Å². The highest BCUT2D eigenvalue weighted by Gasteiger charge is 2.22. The minimum Gasteiger partial charge on any atom is -0.348 e. The van der Waals surface area contributed by atoms with Crippen molar-refractivity contribution >= 4 is 23.4 Å². The highest BCUT2D eigenvalue weighted by molar-refractivity contribution is 6.33. The van der Waals surface area contributed by atoms with E-state index in [1.165, 1.54) is 12.4 Å². The minimum atomic E-state index is -0.244. The molecule has 0 radical (unpaired) electrons. The summed E-state index contributed by atoms with van der Waals surface area (Å²) in [4.78, 5) is 29.1. The number of carbonyl (C=O) groups is 2. The van der Waals surface area contributed by atoms with E-state index in [1.54, 1.807) is 11.0 Å². The lowest BCUT2D eigenvalue weighted by Crippen LogP contribution is -2.42. The van der Waals surface area contributed by atoms with E-state index in [-0.39, 0.29) is 17.9 Å². The van der Waals surface area contributed by atoms with Crippen molar-refractivity contribution in [2.75, 3.05) is 13.1 Å². The maximum absolute atomic E-state index is 12.0. The molecular weight excluding hydrogens is 266 g/mol. The van der Waals surface area contributed by atoms with Gasteiger partial charge in [-0.1, -0.05) is 11.6 Å². The smallest absolute Gasteiger partial charge is 0.253 e. The Morgan fingerprint density at radius 3 is 3.05 bits per heavy atom. The molecular formula is C13H16ClN3O2. The number of nitrogens with zero attached hydrogens (tertiary/aromatic N) is 2. The Kier molecular flexibility index (Phi) is 4.37. The first kappa shape index (κ1) is 13.8. The van der Waals surface area contributed by atoms with Gasteiger partial charge in [0.05, 0.1) is 10.6 Å². The number of halogens is 1. The molecule has 1 aliphatic heterocycles. The first-order chi connectivity index (χ1) is 9.08. The molecule has 19 heavy (non-hydrogen) atoms. The van der Waals surface area contributed by atoms with E-state index in [1.807, 2.05) is 6.92 Å². The Balaban J connectivity index is 1.92. The van der Waals surface area contributed by atoms with Gasteiger partial charge < -0.3 is 10.2 Å². The molecule has 6 heteroatoms. The zero-order valence-corrected chi connectivity index (χ0v) is 11.5. The highest BCUT2D eigenvalue weighted by Crippen LogP contribution is 2.14. The van der Waals surface area contributed by atoms with Gasteiger partial charge in [-0.2, -0.15) is 0 Å². The first-order valence-electron chi connectivity index (χ1n) is 6.26. The molecule has 1 aromatic heterocycles. The van der Waals surface area contributed by atoms with E-state index in [2.05, 4.69) is 10.3 Å². The SMILES string of the molecule is CC(CN1CCCC1=O)NC(=O)c1ccncc1Cl. The normalized spacial score (nSPS) is 16.5. The molecule has 1 atom stereocenters. The number of nitrogens with one attached hydrogen (secondary N) is 1. The topological polar surface area (TPSA) is 62.3 Å². The third kappa shape index (κ3) is 3.44. The molecule has 1 unspecified atom stereocenters. The van der Waals surface area contributed by atoms with Crippen molar-refractivity contribution in [3.05, 3.63) is 29.0 Å². The number of carbonyl (C=O) groups excluding carboxylic acids is 2. The highest BCUT2D eigenvalue weighted by atomic mass is 35.5. The molecule has 1 fully saturated rings. The molecule has 1 saturated heterocycles. The van der Waals surface area contributed by atoms with Gasteiger partial charge in [-0.25, -0.2) is 0 Å². The number of likely N-dealkylation sites (tertiary alicyclic amines) is 1. The molecule has 1 aliphatic rings. The van der Waals surface area contributed by atoms with Gasteiger partial charge in [0.1, 0.15) is 0 Å². The van der Waals surface area contributed by atoms with Crippen molar-refractivity contribution in [2.45, 2.75) is 25.8 Å². The van der Waals surface area contributed by atoms with Crippen LogP contribution < -0.4 is 5.32 Å². The van der Waals surface area contributed by atoms with Gasteiger partial charge in [0.2, 0.25) is 5.91 Å². The van der Waals surface area contributed by atoms with E-state index in [0.717, 1.165) is 13.0 Å². The van der Waals surface area contributed by atoms with Crippen molar-refractivity contribution < 1.29 is 9.59 Å². The summed E-state index contributed by atoms with van der Waals surface area (Å²) in [5.41, 5.74) is 0.399. The summed E-state index contributed by atoms with van der Waals surface area (Å²) in [6.07, 6.45) is 4.47. The van der Waals surface area contributed by atoms with Crippen LogP contribution in [0.1, 0.15) is 30.1 Å². The van der Waals surface area contributed by atoms with Crippen LogP contribution in [0.4, 0.5) is 0 Å². The average Bonchev–Trinajstić information content (AvgIpc) is 2.75. The number of aromatic nitrogens is 1. The zero-order chi connectivity index (χ0) is 13.8. The molecule has 102 valence electrons. The summed E-state index contributed by atoms with van der Waals surface area (Å²) in [5, 5.41) is 3.16. The summed E-state index contributed by atoms with van der Waals surface area (Å²) in [7, 11) is 0. The fourth-order valence-corrected chi connectivity index (χ4v) is 2.34. The molecule has 1 N–H and O–H groups in total. The summed E-state index contributed by atoms with van der Waals surface area (Å²) in [5.74, 6) is -0.0883. The van der Waals surface area contributed by atoms with Gasteiger partial charge in [0.25, 0.3) is 5.91 Å². The molecule has 2 rings (SSSR count). The van der Waals surface area contributed by atoms with Gasteiger partial charge in [-0.15, -0.1) is 0 Å². The molecule has 0 aromatic carbocycles. The van der Waals surface area contributed by atoms with E-state index < -0.39 is 0 Å². The van der Waals surface area contributed by atoms with E-state index in [9.17, 15) is 9.59 Å². The van der Waals surface area contributed by atoms with Crippen LogP contribution in [0.15, 0.2) is 18.5 Å². The van der Waals surface area contributed by atoms with Crippen molar-refractivity contribution in [2.24, 2.45) is 0 Å². The predicted molar refractivity (Wildman–Crippen MR) is 72.0 cm³/mol. The summed E-state index contributed by atoms with van der Waals surface area (Å²) in [6, 6.07) is 1.46. The third-order valence-corrected chi connectivity index (χ3v) is 3.36. The molecule has 2 heterocycles. The predicted octanol–water partition coefficient (Wildman–Crippen LogP) is 1.48. The molecule has 1 aromatic rings. The van der Waals surface area contributed by atoms with Gasteiger partial charge in [-0.05, 0) is 19.4 Å². The van der Waals surface area contributed by atoms with E-state index >= 15 is 0 Å². The summed E-state index contributed by atoms with van der Waals surface area (Å²) >= 11 is 5.91. The number of amides is 2. The fraction of sp³-hybridized carbons (Fsp3) is 0.462. The van der Waals surface area contributed by atoms with Crippen LogP contribution in [0.5, 0.6) is 0 Å². The van der Waals surface area contributed by atoms with Crippen LogP contribution in [0, 0.1) is 0 Å². The number of hydrogen-bond acceptors (Lipinski definition) is 3. The molecule has 0 bridgehead atoms. The Morgan fingerprint density at radius 1 is 1.63 bits per heavy atom. The van der Waals surface area contributed by atoms with Crippen LogP contribution >= 0.6 is 11.6 Å². The van der Waals surface area contributed by atoms with Gasteiger partial charge >= 0.3 is 0 Å². The Bertz CT molecular complexity index is 493. The quantitative estimate of drug-likeness (QED) is 0.909. The van der Waals surface area contributed by atoms with Gasteiger partial charge in [-0.3, -0.25) is 14.6 Å². The van der Waals surface area contributed by atoms with Crippen LogP contribution in [0.2, 0.25) is 5.02 Å². The minimum absolute atomic E-state index is 0.112. The van der Waals surface area contributed by atoms with Crippen molar-refractivity contribution in [3.63, 3.8) is 0 Å². The Morgan fingerprint density at radius 2 is 2.42 bits per heavy atom. The standard InChI is InChI=1S/C13H16ClN3O2/c1-9(8-17-6-2-3-12(17)18)16-13(19)10-4-5-15-7-11(10)14/h4-5,7,9H,2-3,6,8H2,1H3,(H,16,19). The Hall–Kier alpha value is -1.62. The lowest BCUT2D eigenvalue weighted by atomic mass is 10.2. The maximum atomic E-state index is 12.0. The maximum Gasteiger partial charge on any atom is 0.253 e. The van der Waals surface area contributed by atoms with Crippen molar-refractivity contribution in [3.8, 4) is 0 Å². The average molecular weight is 282 g/mol. The monoisotopic (exact) mass is 281 g/mol. The second-order valence-electron chi connectivity index (χ2n) is 4.67. The molecule has 2 amide bonds. The number of hydrogen-bond donors (Lipinski definition) is 1. The van der Waals surface area contributed by atoms with E-state index in [4.69, 9.17) is 11.6 Å². The fourth-order valence-electron chi connectivity index (χ4n) is 2.13. The van der Waals surface area contributed by atoms with Gasteiger partial charge in [0, 0.05) is 37.9 Å². The van der Waals surface area contributed by atoms with Crippen molar-refractivity contribution in [1.82, 2.24) is 15.2 Å². The van der Waals surface area contributed by atoms with E-state index in [0.29, 0.717) is 23.6 Å². The van der Waals surface area contributed by atoms with Gasteiger partial charge in [0.15, 0.2) is 0 Å². The largest absolute Gasteiger partial charge is 0.348 e. The molecule has 5 nitrogen and oxygen atoms in total. The number of pyridine rings is 1. The second kappa shape index (κ2) is 6.02. The Labute approximate surface area is 117 Å². The summed E-state index contributed by atoms with van der Waals surface area (Å²) < 4.78 is 0. The molecule has 0 saturated carbocycles. The lowest BCUT2D eigenvalue weighted by Gasteiger charge is -2.21. The second-order valence-corrected chi connectivity index (χ2v) is 5.08. The van der Waals surface area contributed by atoms with Crippen LogP contribution in [-0.2, 0) is 4.79 Å². The molecule has 0 aliphatic carbocycles. The van der Waals surface area contributed by atoms with Crippen molar-refractivity contribution in [1.29, 1.82) is 0 Å². The summed E-state index contributed by atoms with van der Waals surface area (Å²) in [6.45, 7) is 3.18.